The monoisotopic (exact) mass is 303 g/mol. The van der Waals surface area contributed by atoms with E-state index in [1.165, 1.54) is 5.56 Å². The van der Waals surface area contributed by atoms with Gasteiger partial charge in [0, 0.05) is 12.1 Å². The summed E-state index contributed by atoms with van der Waals surface area (Å²) in [5.41, 5.74) is 5.66. The lowest BCUT2D eigenvalue weighted by molar-refractivity contribution is 0.111. The predicted octanol–water partition coefficient (Wildman–Crippen LogP) is 3.48. The molecule has 0 bridgehead atoms. The highest BCUT2D eigenvalue weighted by atomic mass is 16.1. The Labute approximate surface area is 135 Å². The van der Waals surface area contributed by atoms with Gasteiger partial charge in [0.2, 0.25) is 0 Å². The zero-order chi connectivity index (χ0) is 16.4. The second kappa shape index (κ2) is 6.05. The first-order valence-electron chi connectivity index (χ1n) is 7.62. The number of pyridine rings is 1. The molecule has 1 aromatic carbocycles. The van der Waals surface area contributed by atoms with E-state index >= 15 is 0 Å². The predicted molar refractivity (Wildman–Crippen MR) is 88.7 cm³/mol. The fraction of sp³-hybridized carbons (Fsp3) is 0.211. The van der Waals surface area contributed by atoms with Crippen molar-refractivity contribution in [2.24, 2.45) is 0 Å². The number of nitrogens with zero attached hydrogens (tertiary/aromatic N) is 3. The quantitative estimate of drug-likeness (QED) is 0.693. The van der Waals surface area contributed by atoms with E-state index < -0.39 is 0 Å². The van der Waals surface area contributed by atoms with E-state index in [0.29, 0.717) is 23.3 Å². The lowest BCUT2D eigenvalue weighted by Gasteiger charge is -2.04. The topological polar surface area (TPSA) is 58.2 Å². The van der Waals surface area contributed by atoms with Crippen LogP contribution in [0.15, 0.2) is 36.4 Å². The third-order valence-electron chi connectivity index (χ3n) is 4.17. The maximum atomic E-state index is 11.6. The highest BCUT2D eigenvalue weighted by Crippen LogP contribution is 2.19. The van der Waals surface area contributed by atoms with Crippen molar-refractivity contribution in [2.45, 2.75) is 26.7 Å². The Morgan fingerprint density at radius 1 is 1.17 bits per heavy atom. The average molecular weight is 303 g/mol. The number of benzene rings is 1. The normalized spacial score (nSPS) is 10.7. The summed E-state index contributed by atoms with van der Waals surface area (Å²) in [6, 6.07) is 14.0. The van der Waals surface area contributed by atoms with Crippen molar-refractivity contribution < 1.29 is 4.79 Å². The van der Waals surface area contributed by atoms with Crippen LogP contribution >= 0.6 is 0 Å². The van der Waals surface area contributed by atoms with Crippen molar-refractivity contribution in [1.29, 1.82) is 5.26 Å². The van der Waals surface area contributed by atoms with Crippen LogP contribution in [0.5, 0.6) is 0 Å². The van der Waals surface area contributed by atoms with Gasteiger partial charge < -0.3 is 0 Å². The minimum absolute atomic E-state index is 0.522. The first-order chi connectivity index (χ1) is 11.2. The zero-order valence-corrected chi connectivity index (χ0v) is 13.2. The van der Waals surface area contributed by atoms with Gasteiger partial charge in [0.15, 0.2) is 6.29 Å². The molecule has 0 amide bonds. The number of carbonyl (C=O) groups is 1. The van der Waals surface area contributed by atoms with E-state index in [9.17, 15) is 4.79 Å². The Morgan fingerprint density at radius 3 is 2.48 bits per heavy atom. The van der Waals surface area contributed by atoms with Crippen molar-refractivity contribution in [2.75, 3.05) is 0 Å². The maximum absolute atomic E-state index is 11.6. The molecule has 0 aliphatic heterocycles. The van der Waals surface area contributed by atoms with Gasteiger partial charge in [-0.3, -0.25) is 9.20 Å². The third-order valence-corrected chi connectivity index (χ3v) is 4.17. The molecule has 23 heavy (non-hydrogen) atoms. The molecule has 0 aliphatic rings. The van der Waals surface area contributed by atoms with Crippen LogP contribution in [0.4, 0.5) is 0 Å². The molecule has 114 valence electrons. The molecule has 4 heteroatoms. The summed E-state index contributed by atoms with van der Waals surface area (Å²) in [5, 5.41) is 9.16. The molecule has 0 unspecified atom stereocenters. The van der Waals surface area contributed by atoms with E-state index in [1.807, 2.05) is 6.92 Å². The second-order valence-electron chi connectivity index (χ2n) is 5.55. The smallest absolute Gasteiger partial charge is 0.168 e. The molecule has 0 radical (unpaired) electrons. The number of nitriles is 1. The molecule has 0 atom stereocenters. The summed E-state index contributed by atoms with van der Waals surface area (Å²) in [7, 11) is 0. The Bertz CT molecular complexity index is 914. The Morgan fingerprint density at radius 2 is 1.87 bits per heavy atom. The van der Waals surface area contributed by atoms with Crippen molar-refractivity contribution in [3.63, 3.8) is 0 Å². The zero-order valence-electron chi connectivity index (χ0n) is 13.2. The number of fused-ring (bicyclic) bond motifs is 1. The molecule has 3 aromatic rings. The summed E-state index contributed by atoms with van der Waals surface area (Å²) in [6.07, 6.45) is 2.43. The van der Waals surface area contributed by atoms with E-state index in [2.05, 4.69) is 42.2 Å². The number of aldehydes is 1. The van der Waals surface area contributed by atoms with E-state index in [-0.39, 0.29) is 0 Å². The molecular formula is C19H17N3O. The van der Waals surface area contributed by atoms with E-state index in [4.69, 9.17) is 5.26 Å². The third kappa shape index (κ3) is 2.62. The van der Waals surface area contributed by atoms with Gasteiger partial charge in [-0.15, -0.1) is 0 Å². The van der Waals surface area contributed by atoms with Crippen molar-refractivity contribution in [1.82, 2.24) is 9.38 Å². The second-order valence-corrected chi connectivity index (χ2v) is 5.55. The van der Waals surface area contributed by atoms with Crippen LogP contribution in [0.1, 0.15) is 45.5 Å². The lowest BCUT2D eigenvalue weighted by atomic mass is 10.1. The van der Waals surface area contributed by atoms with Gasteiger partial charge in [0.25, 0.3) is 0 Å². The van der Waals surface area contributed by atoms with Gasteiger partial charge in [0.1, 0.15) is 17.4 Å². The SMILES string of the molecule is CCc1ccc(Cc2nc3ccc(C#N)c(C)n3c2C=O)cc1. The number of imidazole rings is 1. The molecule has 4 nitrogen and oxygen atoms in total. The molecular weight excluding hydrogens is 286 g/mol. The summed E-state index contributed by atoms with van der Waals surface area (Å²) < 4.78 is 1.77. The largest absolute Gasteiger partial charge is 0.296 e. The molecule has 0 aliphatic carbocycles. The molecule has 0 saturated heterocycles. The average Bonchev–Trinajstić information content (AvgIpc) is 2.94. The maximum Gasteiger partial charge on any atom is 0.168 e. The summed E-state index contributed by atoms with van der Waals surface area (Å²) in [4.78, 5) is 16.2. The first-order valence-corrected chi connectivity index (χ1v) is 7.62. The highest BCUT2D eigenvalue weighted by Gasteiger charge is 2.15. The minimum atomic E-state index is 0.522. The standard InChI is InChI=1S/C19H17N3O/c1-3-14-4-6-15(7-5-14)10-17-18(12-23)22-13(2)16(11-20)8-9-19(22)21-17/h4-9,12H,3,10H2,1-2H3. The molecule has 0 saturated carbocycles. The van der Waals surface area contributed by atoms with Gasteiger partial charge in [-0.25, -0.2) is 4.98 Å². The molecule has 2 aromatic heterocycles. The van der Waals surface area contributed by atoms with Crippen molar-refractivity contribution in [3.8, 4) is 6.07 Å². The molecule has 3 rings (SSSR count). The fourth-order valence-electron chi connectivity index (χ4n) is 2.82. The van der Waals surface area contributed by atoms with Gasteiger partial charge >= 0.3 is 0 Å². The van der Waals surface area contributed by atoms with Crippen LogP contribution in [0.25, 0.3) is 5.65 Å². The summed E-state index contributed by atoms with van der Waals surface area (Å²) in [6.45, 7) is 3.96. The number of rotatable bonds is 4. The number of carbonyl (C=O) groups excluding carboxylic acids is 1. The van der Waals surface area contributed by atoms with E-state index in [0.717, 1.165) is 29.7 Å². The first kappa shape index (κ1) is 15.0. The lowest BCUT2D eigenvalue weighted by Crippen LogP contribution is -2.01. The fourth-order valence-corrected chi connectivity index (χ4v) is 2.82. The van der Waals surface area contributed by atoms with E-state index in [1.54, 1.807) is 16.5 Å². The van der Waals surface area contributed by atoms with Crippen molar-refractivity contribution >= 4 is 11.9 Å². The number of aryl methyl sites for hydroxylation is 2. The summed E-state index contributed by atoms with van der Waals surface area (Å²) in [5.74, 6) is 0. The Balaban J connectivity index is 2.08. The van der Waals surface area contributed by atoms with Gasteiger partial charge in [-0.05, 0) is 36.6 Å². The molecule has 0 N–H and O–H groups in total. The molecule has 0 fully saturated rings. The van der Waals surface area contributed by atoms with Gasteiger partial charge in [-0.1, -0.05) is 31.2 Å². The van der Waals surface area contributed by atoms with Gasteiger partial charge in [0.05, 0.1) is 11.3 Å². The highest BCUT2D eigenvalue weighted by molar-refractivity contribution is 5.77. The van der Waals surface area contributed by atoms with Crippen LogP contribution in [-0.2, 0) is 12.8 Å². The number of hydrogen-bond acceptors (Lipinski definition) is 3. The number of aromatic nitrogens is 2. The molecule has 2 heterocycles. The van der Waals surface area contributed by atoms with Crippen molar-refractivity contribution in [3.05, 3.63) is 70.2 Å². The minimum Gasteiger partial charge on any atom is -0.296 e. The Hall–Kier alpha value is -2.93. The molecule has 0 spiro atoms. The van der Waals surface area contributed by atoms with Crippen LogP contribution in [-0.4, -0.2) is 15.7 Å². The van der Waals surface area contributed by atoms with Crippen LogP contribution in [0.3, 0.4) is 0 Å². The van der Waals surface area contributed by atoms with Gasteiger partial charge in [-0.2, -0.15) is 5.26 Å². The summed E-state index contributed by atoms with van der Waals surface area (Å²) >= 11 is 0. The van der Waals surface area contributed by atoms with Crippen LogP contribution in [0.2, 0.25) is 0 Å². The number of hydrogen-bond donors (Lipinski definition) is 0. The van der Waals surface area contributed by atoms with Crippen LogP contribution < -0.4 is 0 Å². The van der Waals surface area contributed by atoms with Crippen LogP contribution in [0, 0.1) is 18.3 Å². The Kier molecular flexibility index (Phi) is 3.94.